The monoisotopic (exact) mass is 347 g/mol. The van der Waals surface area contributed by atoms with E-state index in [4.69, 9.17) is 4.74 Å². The third-order valence-corrected chi connectivity index (χ3v) is 5.59. The van der Waals surface area contributed by atoms with E-state index in [-0.39, 0.29) is 24.6 Å². The van der Waals surface area contributed by atoms with Crippen LogP contribution in [0.15, 0.2) is 6.33 Å². The maximum atomic E-state index is 12.8. The highest BCUT2D eigenvalue weighted by atomic mass is 16.6. The normalized spacial score (nSPS) is 26.8. The Morgan fingerprint density at radius 3 is 2.96 bits per heavy atom. The van der Waals surface area contributed by atoms with Gasteiger partial charge in [0.25, 0.3) is 0 Å². The van der Waals surface area contributed by atoms with Gasteiger partial charge in [-0.1, -0.05) is 0 Å². The first-order valence-electron chi connectivity index (χ1n) is 9.02. The maximum Gasteiger partial charge on any atom is 0.410 e. The zero-order valence-corrected chi connectivity index (χ0v) is 14.6. The standard InChI is InChI=1S/C17H25N5O3/c1-12-15(19-11-18-12)9-20-6-13-2-3-14(8-20)22(7-13)16(23)10-21-4-5-25-17(21)24/h11,13-14H,2-10H2,1H3,(H,18,19)/t13-,14+/m0/s1. The van der Waals surface area contributed by atoms with Crippen LogP contribution in [0, 0.1) is 12.8 Å². The van der Waals surface area contributed by atoms with Crippen LogP contribution in [0.2, 0.25) is 0 Å². The average Bonchev–Trinajstić information content (AvgIpc) is 3.05. The van der Waals surface area contributed by atoms with E-state index < -0.39 is 0 Å². The van der Waals surface area contributed by atoms with Crippen molar-refractivity contribution in [1.29, 1.82) is 0 Å². The Morgan fingerprint density at radius 1 is 1.36 bits per heavy atom. The van der Waals surface area contributed by atoms with Crippen LogP contribution in [-0.4, -0.2) is 82.0 Å². The van der Waals surface area contributed by atoms with Crippen LogP contribution in [0.3, 0.4) is 0 Å². The van der Waals surface area contributed by atoms with Crippen LogP contribution in [0.1, 0.15) is 24.2 Å². The fraction of sp³-hybridized carbons (Fsp3) is 0.706. The topological polar surface area (TPSA) is 81.8 Å². The molecule has 0 unspecified atom stereocenters. The number of aromatic nitrogens is 2. The van der Waals surface area contributed by atoms with Crippen LogP contribution in [0.4, 0.5) is 4.79 Å². The van der Waals surface area contributed by atoms with Gasteiger partial charge in [0, 0.05) is 37.9 Å². The van der Waals surface area contributed by atoms with E-state index in [2.05, 4.69) is 14.9 Å². The number of H-pyrrole nitrogens is 1. The molecule has 1 aromatic heterocycles. The second-order valence-corrected chi connectivity index (χ2v) is 7.35. The van der Waals surface area contributed by atoms with E-state index in [0.29, 0.717) is 19.1 Å². The molecular formula is C17H25N5O3. The van der Waals surface area contributed by atoms with Crippen LogP contribution >= 0.6 is 0 Å². The molecule has 1 aromatic rings. The van der Waals surface area contributed by atoms with Crippen molar-refractivity contribution in [3.05, 3.63) is 17.7 Å². The van der Waals surface area contributed by atoms with E-state index in [1.807, 2.05) is 11.8 Å². The highest BCUT2D eigenvalue weighted by Crippen LogP contribution is 2.29. The lowest BCUT2D eigenvalue weighted by Gasteiger charge is -2.36. The summed E-state index contributed by atoms with van der Waals surface area (Å²) in [6.45, 7) is 6.56. The quantitative estimate of drug-likeness (QED) is 0.862. The van der Waals surface area contributed by atoms with Crippen molar-refractivity contribution in [2.75, 3.05) is 39.3 Å². The van der Waals surface area contributed by atoms with Crippen molar-refractivity contribution < 1.29 is 14.3 Å². The molecule has 2 bridgehead atoms. The number of hydrogen-bond donors (Lipinski definition) is 1. The Bertz CT molecular complexity index is 660. The minimum absolute atomic E-state index is 0.0475. The van der Waals surface area contributed by atoms with E-state index in [1.54, 1.807) is 6.33 Å². The zero-order valence-electron chi connectivity index (χ0n) is 14.6. The zero-order chi connectivity index (χ0) is 17.4. The number of amides is 2. The molecule has 5 rings (SSSR count). The molecule has 0 spiro atoms. The van der Waals surface area contributed by atoms with Crippen molar-refractivity contribution in [3.63, 3.8) is 0 Å². The molecule has 0 radical (unpaired) electrons. The summed E-state index contributed by atoms with van der Waals surface area (Å²) in [7, 11) is 0. The van der Waals surface area contributed by atoms with Gasteiger partial charge in [0.2, 0.25) is 5.91 Å². The molecule has 8 heteroatoms. The van der Waals surface area contributed by atoms with Crippen LogP contribution < -0.4 is 0 Å². The Labute approximate surface area is 147 Å². The first kappa shape index (κ1) is 16.4. The number of aromatic amines is 1. The molecule has 4 fully saturated rings. The van der Waals surface area contributed by atoms with Gasteiger partial charge in [-0.05, 0) is 25.7 Å². The summed E-state index contributed by atoms with van der Waals surface area (Å²) in [5.41, 5.74) is 2.19. The van der Waals surface area contributed by atoms with Crippen LogP contribution in [0.25, 0.3) is 0 Å². The summed E-state index contributed by atoms with van der Waals surface area (Å²) in [5.74, 6) is 0.541. The second-order valence-electron chi connectivity index (χ2n) is 7.35. The van der Waals surface area contributed by atoms with Crippen molar-refractivity contribution in [2.45, 2.75) is 32.4 Å². The minimum Gasteiger partial charge on any atom is -0.448 e. The van der Waals surface area contributed by atoms with Crippen LogP contribution in [-0.2, 0) is 16.1 Å². The molecule has 25 heavy (non-hydrogen) atoms. The first-order valence-corrected chi connectivity index (χ1v) is 9.02. The third kappa shape index (κ3) is 3.35. The number of nitrogens with zero attached hydrogens (tertiary/aromatic N) is 4. The smallest absolute Gasteiger partial charge is 0.410 e. The number of aryl methyl sites for hydroxylation is 1. The van der Waals surface area contributed by atoms with E-state index in [9.17, 15) is 9.59 Å². The van der Waals surface area contributed by atoms with Gasteiger partial charge in [-0.3, -0.25) is 14.6 Å². The fourth-order valence-corrected chi connectivity index (χ4v) is 4.20. The van der Waals surface area contributed by atoms with Gasteiger partial charge in [-0.2, -0.15) is 0 Å². The predicted molar refractivity (Wildman–Crippen MR) is 89.7 cm³/mol. The summed E-state index contributed by atoms with van der Waals surface area (Å²) in [6, 6.07) is 0.226. The Balaban J connectivity index is 1.41. The number of fused-ring (bicyclic) bond motifs is 4. The van der Waals surface area contributed by atoms with Crippen molar-refractivity contribution >= 4 is 12.0 Å². The van der Waals surface area contributed by atoms with E-state index >= 15 is 0 Å². The summed E-state index contributed by atoms with van der Waals surface area (Å²) < 4.78 is 4.93. The third-order valence-electron chi connectivity index (χ3n) is 5.59. The number of cyclic esters (lactones) is 1. The molecule has 2 atom stereocenters. The van der Waals surface area contributed by atoms with Gasteiger partial charge in [0.15, 0.2) is 0 Å². The number of carbonyl (C=O) groups excluding carboxylic acids is 2. The lowest BCUT2D eigenvalue weighted by molar-refractivity contribution is -0.135. The number of hydrogen-bond acceptors (Lipinski definition) is 5. The second kappa shape index (κ2) is 6.67. The molecule has 4 aliphatic heterocycles. The number of piperidine rings is 1. The number of rotatable bonds is 4. The average molecular weight is 347 g/mol. The summed E-state index contributed by atoms with van der Waals surface area (Å²) in [4.78, 5) is 37.8. The molecule has 2 amide bonds. The number of carbonyl (C=O) groups is 2. The molecular weight excluding hydrogens is 322 g/mol. The van der Waals surface area contributed by atoms with Gasteiger partial charge in [-0.25, -0.2) is 9.78 Å². The Hall–Kier alpha value is -2.09. The lowest BCUT2D eigenvalue weighted by Crippen LogP contribution is -2.50. The van der Waals surface area contributed by atoms with Gasteiger partial charge >= 0.3 is 6.09 Å². The highest BCUT2D eigenvalue weighted by Gasteiger charge is 2.38. The van der Waals surface area contributed by atoms with Crippen LogP contribution in [0.5, 0.6) is 0 Å². The molecule has 0 aliphatic carbocycles. The largest absolute Gasteiger partial charge is 0.448 e. The molecule has 136 valence electrons. The molecule has 1 N–H and O–H groups in total. The maximum absolute atomic E-state index is 12.8. The number of ether oxygens (including phenoxy) is 1. The lowest BCUT2D eigenvalue weighted by atomic mass is 9.95. The van der Waals surface area contributed by atoms with Gasteiger partial charge < -0.3 is 14.6 Å². The SMILES string of the molecule is Cc1[nH]cnc1CN1C[C@@H]2CC[C@H](C1)N(C(=O)CN1CCOC1=O)C2. The van der Waals surface area contributed by atoms with Crippen molar-refractivity contribution in [1.82, 2.24) is 24.7 Å². The minimum atomic E-state index is -0.371. The highest BCUT2D eigenvalue weighted by molar-refractivity contribution is 5.83. The Morgan fingerprint density at radius 2 is 2.24 bits per heavy atom. The van der Waals surface area contributed by atoms with Gasteiger partial charge in [0.05, 0.1) is 18.6 Å². The van der Waals surface area contributed by atoms with Crippen molar-refractivity contribution in [2.24, 2.45) is 5.92 Å². The Kier molecular flexibility index (Phi) is 4.37. The molecule has 5 heterocycles. The first-order chi connectivity index (χ1) is 12.1. The molecule has 0 saturated carbocycles. The summed E-state index contributed by atoms with van der Waals surface area (Å²) >= 11 is 0. The fourth-order valence-electron chi connectivity index (χ4n) is 4.20. The molecule has 4 saturated heterocycles. The molecule has 4 aliphatic rings. The summed E-state index contributed by atoms with van der Waals surface area (Å²) in [5, 5.41) is 0. The number of imidazole rings is 1. The summed E-state index contributed by atoms with van der Waals surface area (Å²) in [6.07, 6.45) is 3.57. The van der Waals surface area contributed by atoms with Crippen molar-refractivity contribution in [3.8, 4) is 0 Å². The van der Waals surface area contributed by atoms with E-state index in [1.165, 1.54) is 4.90 Å². The van der Waals surface area contributed by atoms with E-state index in [0.717, 1.165) is 50.4 Å². The predicted octanol–water partition coefficient (Wildman–Crippen LogP) is 0.593. The van der Waals surface area contributed by atoms with Gasteiger partial charge in [0.1, 0.15) is 13.2 Å². The molecule has 8 nitrogen and oxygen atoms in total. The van der Waals surface area contributed by atoms with Gasteiger partial charge in [-0.15, -0.1) is 0 Å². The molecule has 0 aromatic carbocycles. The number of nitrogens with one attached hydrogen (secondary N) is 1.